The number of ketones is 1. The van der Waals surface area contributed by atoms with E-state index in [1.807, 2.05) is 0 Å². The van der Waals surface area contributed by atoms with Gasteiger partial charge in [0.1, 0.15) is 11.5 Å². The lowest BCUT2D eigenvalue weighted by atomic mass is 10.2. The average molecular weight is 190 g/mol. The lowest BCUT2D eigenvalue weighted by Gasteiger charge is -1.98. The van der Waals surface area contributed by atoms with E-state index >= 15 is 0 Å². The smallest absolute Gasteiger partial charge is 0.188 e. The van der Waals surface area contributed by atoms with Crippen LogP contribution in [0.2, 0.25) is 0 Å². The summed E-state index contributed by atoms with van der Waals surface area (Å²) in [5.74, 6) is 0.691. The Kier molecular flexibility index (Phi) is 2.18. The SMILES string of the molecule is Cn1nccc1C(=O)Cc1ccco1. The molecule has 0 atom stereocenters. The molecule has 0 aliphatic carbocycles. The normalized spacial score (nSPS) is 10.4. The molecule has 0 bridgehead atoms. The minimum absolute atomic E-state index is 0.0138. The molecule has 0 saturated carbocycles. The van der Waals surface area contributed by atoms with Crippen molar-refractivity contribution in [3.8, 4) is 0 Å². The molecule has 2 heterocycles. The minimum Gasteiger partial charge on any atom is -0.469 e. The third kappa shape index (κ3) is 1.59. The van der Waals surface area contributed by atoms with Gasteiger partial charge in [0.05, 0.1) is 12.7 Å². The van der Waals surface area contributed by atoms with Gasteiger partial charge in [0, 0.05) is 13.2 Å². The number of Topliss-reactive ketones (excluding diaryl/α,β-unsaturated/α-hetero) is 1. The van der Waals surface area contributed by atoms with Crippen LogP contribution in [0.1, 0.15) is 16.2 Å². The van der Waals surface area contributed by atoms with Crippen LogP contribution in [0.3, 0.4) is 0 Å². The maximum atomic E-state index is 11.7. The van der Waals surface area contributed by atoms with Gasteiger partial charge < -0.3 is 4.42 Å². The van der Waals surface area contributed by atoms with Gasteiger partial charge in [0.2, 0.25) is 0 Å². The van der Waals surface area contributed by atoms with Crippen LogP contribution >= 0.6 is 0 Å². The number of aromatic nitrogens is 2. The van der Waals surface area contributed by atoms with Crippen LogP contribution in [0.4, 0.5) is 0 Å². The van der Waals surface area contributed by atoms with E-state index in [0.717, 1.165) is 0 Å². The molecule has 4 nitrogen and oxygen atoms in total. The second kappa shape index (κ2) is 3.49. The molecule has 2 aromatic heterocycles. The van der Waals surface area contributed by atoms with Gasteiger partial charge in [-0.3, -0.25) is 9.48 Å². The van der Waals surface area contributed by atoms with Crippen molar-refractivity contribution < 1.29 is 9.21 Å². The van der Waals surface area contributed by atoms with Gasteiger partial charge in [0.15, 0.2) is 5.78 Å². The molecular formula is C10H10N2O2. The van der Waals surface area contributed by atoms with Crippen molar-refractivity contribution in [3.63, 3.8) is 0 Å². The first-order valence-corrected chi connectivity index (χ1v) is 4.31. The van der Waals surface area contributed by atoms with E-state index < -0.39 is 0 Å². The topological polar surface area (TPSA) is 48.0 Å². The molecule has 0 fully saturated rings. The summed E-state index contributed by atoms with van der Waals surface area (Å²) < 4.78 is 6.65. The zero-order valence-corrected chi connectivity index (χ0v) is 7.80. The number of hydrogen-bond donors (Lipinski definition) is 0. The summed E-state index contributed by atoms with van der Waals surface area (Å²) in [4.78, 5) is 11.7. The number of carbonyl (C=O) groups excluding carboxylic acids is 1. The van der Waals surface area contributed by atoms with Crippen molar-refractivity contribution in [2.45, 2.75) is 6.42 Å². The molecule has 0 amide bonds. The van der Waals surface area contributed by atoms with Crippen molar-refractivity contribution >= 4 is 5.78 Å². The fourth-order valence-corrected chi connectivity index (χ4v) is 1.31. The van der Waals surface area contributed by atoms with Gasteiger partial charge >= 0.3 is 0 Å². The number of aryl methyl sites for hydroxylation is 1. The summed E-state index contributed by atoms with van der Waals surface area (Å²) in [5, 5.41) is 3.93. The van der Waals surface area contributed by atoms with Gasteiger partial charge in [-0.1, -0.05) is 0 Å². The Hall–Kier alpha value is -1.84. The van der Waals surface area contributed by atoms with Gasteiger partial charge in [-0.05, 0) is 18.2 Å². The van der Waals surface area contributed by atoms with Crippen LogP contribution in [0.25, 0.3) is 0 Å². The Balaban J connectivity index is 2.14. The summed E-state index contributed by atoms with van der Waals surface area (Å²) in [6.45, 7) is 0. The van der Waals surface area contributed by atoms with E-state index in [-0.39, 0.29) is 12.2 Å². The van der Waals surface area contributed by atoms with Gasteiger partial charge in [-0.25, -0.2) is 0 Å². The molecule has 14 heavy (non-hydrogen) atoms. The molecule has 4 heteroatoms. The zero-order valence-electron chi connectivity index (χ0n) is 7.80. The Bertz CT molecular complexity index is 429. The molecule has 0 saturated heterocycles. The van der Waals surface area contributed by atoms with Crippen LogP contribution in [-0.4, -0.2) is 15.6 Å². The lowest BCUT2D eigenvalue weighted by Crippen LogP contribution is -2.09. The summed E-state index contributed by atoms with van der Waals surface area (Å²) in [7, 11) is 1.75. The monoisotopic (exact) mass is 190 g/mol. The van der Waals surface area contributed by atoms with E-state index in [2.05, 4.69) is 5.10 Å². The van der Waals surface area contributed by atoms with Crippen molar-refractivity contribution in [2.75, 3.05) is 0 Å². The molecule has 2 aromatic rings. The highest BCUT2D eigenvalue weighted by Gasteiger charge is 2.11. The van der Waals surface area contributed by atoms with E-state index in [1.165, 1.54) is 0 Å². The highest BCUT2D eigenvalue weighted by Crippen LogP contribution is 2.06. The van der Waals surface area contributed by atoms with Gasteiger partial charge in [-0.15, -0.1) is 0 Å². The Morgan fingerprint density at radius 1 is 1.57 bits per heavy atom. The number of furan rings is 1. The predicted octanol–water partition coefficient (Wildman–Crippen LogP) is 1.44. The van der Waals surface area contributed by atoms with Gasteiger partial charge in [0.25, 0.3) is 0 Å². The first-order chi connectivity index (χ1) is 6.77. The standard InChI is InChI=1S/C10H10N2O2/c1-12-9(4-5-11-12)10(13)7-8-3-2-6-14-8/h2-6H,7H2,1H3. The quantitative estimate of drug-likeness (QED) is 0.688. The van der Waals surface area contributed by atoms with E-state index in [9.17, 15) is 4.79 Å². The lowest BCUT2D eigenvalue weighted by molar-refractivity contribution is 0.0978. The highest BCUT2D eigenvalue weighted by atomic mass is 16.3. The summed E-state index contributed by atoms with van der Waals surface area (Å²) in [6.07, 6.45) is 3.45. The summed E-state index contributed by atoms with van der Waals surface area (Å²) in [6, 6.07) is 5.26. The fourth-order valence-electron chi connectivity index (χ4n) is 1.31. The summed E-state index contributed by atoms with van der Waals surface area (Å²) in [5.41, 5.74) is 0.599. The van der Waals surface area contributed by atoms with Crippen molar-refractivity contribution in [2.24, 2.45) is 7.05 Å². The molecule has 0 spiro atoms. The Labute approximate surface area is 81.1 Å². The van der Waals surface area contributed by atoms with Crippen molar-refractivity contribution in [1.82, 2.24) is 9.78 Å². The second-order valence-electron chi connectivity index (χ2n) is 3.02. The summed E-state index contributed by atoms with van der Waals surface area (Å²) >= 11 is 0. The molecule has 0 unspecified atom stereocenters. The van der Waals surface area contributed by atoms with E-state index in [1.54, 1.807) is 42.4 Å². The first kappa shape index (κ1) is 8.74. The van der Waals surface area contributed by atoms with Crippen LogP contribution in [0, 0.1) is 0 Å². The van der Waals surface area contributed by atoms with Crippen molar-refractivity contribution in [3.05, 3.63) is 42.1 Å². The van der Waals surface area contributed by atoms with E-state index in [4.69, 9.17) is 4.42 Å². The third-order valence-electron chi connectivity index (χ3n) is 2.02. The molecule has 72 valence electrons. The third-order valence-corrected chi connectivity index (χ3v) is 2.02. The molecule has 0 radical (unpaired) electrons. The predicted molar refractivity (Wildman–Crippen MR) is 50.0 cm³/mol. The Morgan fingerprint density at radius 2 is 2.43 bits per heavy atom. The first-order valence-electron chi connectivity index (χ1n) is 4.31. The minimum atomic E-state index is 0.0138. The van der Waals surface area contributed by atoms with Crippen LogP contribution in [0.5, 0.6) is 0 Å². The Morgan fingerprint density at radius 3 is 3.00 bits per heavy atom. The molecule has 0 aromatic carbocycles. The maximum Gasteiger partial charge on any atom is 0.188 e. The fraction of sp³-hybridized carbons (Fsp3) is 0.200. The van der Waals surface area contributed by atoms with Crippen LogP contribution in [0.15, 0.2) is 35.1 Å². The molecule has 0 aliphatic heterocycles. The second-order valence-corrected chi connectivity index (χ2v) is 3.02. The number of rotatable bonds is 3. The van der Waals surface area contributed by atoms with Crippen LogP contribution < -0.4 is 0 Å². The van der Waals surface area contributed by atoms with Crippen molar-refractivity contribution in [1.29, 1.82) is 0 Å². The number of carbonyl (C=O) groups is 1. The molecule has 0 N–H and O–H groups in total. The molecule has 2 rings (SSSR count). The number of hydrogen-bond acceptors (Lipinski definition) is 3. The average Bonchev–Trinajstić information content (AvgIpc) is 2.75. The maximum absolute atomic E-state index is 11.7. The molecular weight excluding hydrogens is 180 g/mol. The highest BCUT2D eigenvalue weighted by molar-refractivity contribution is 5.95. The van der Waals surface area contributed by atoms with Crippen LogP contribution in [-0.2, 0) is 13.5 Å². The zero-order chi connectivity index (χ0) is 9.97. The van der Waals surface area contributed by atoms with Gasteiger partial charge in [-0.2, -0.15) is 5.10 Å². The largest absolute Gasteiger partial charge is 0.469 e. The number of nitrogens with zero attached hydrogens (tertiary/aromatic N) is 2. The molecule has 0 aliphatic rings. The van der Waals surface area contributed by atoms with E-state index in [0.29, 0.717) is 11.5 Å².